The fraction of sp³-hybridized carbons (Fsp3) is 0.0476. The van der Waals surface area contributed by atoms with E-state index in [2.05, 4.69) is 122 Å². The van der Waals surface area contributed by atoms with Crippen LogP contribution in [0, 0.1) is 18.8 Å². The minimum Gasteiger partial charge on any atom is -0.0776 e. The van der Waals surface area contributed by atoms with Crippen molar-refractivity contribution in [2.75, 3.05) is 0 Å². The predicted octanol–water partition coefficient (Wildman–Crippen LogP) is 11.0. The number of aryl methyl sites for hydroxylation is 1. The maximum Gasteiger partial charge on any atom is 0.0249 e. The summed E-state index contributed by atoms with van der Waals surface area (Å²) in [6.45, 7) is 2.08. The van der Waals surface area contributed by atoms with Crippen molar-refractivity contribution in [3.05, 3.63) is 215 Å². The van der Waals surface area contributed by atoms with Crippen molar-refractivity contribution in [3.8, 4) is 11.8 Å². The molecule has 6 aromatic carbocycles. The molecule has 0 nitrogen and oxygen atoms in total. The van der Waals surface area contributed by atoms with E-state index in [-0.39, 0.29) is 7.43 Å². The average molecular weight is 543 g/mol. The van der Waals surface area contributed by atoms with Crippen molar-refractivity contribution in [2.45, 2.75) is 14.4 Å². The summed E-state index contributed by atoms with van der Waals surface area (Å²) in [4.78, 5) is 0. The van der Waals surface area contributed by atoms with Crippen LogP contribution in [0.4, 0.5) is 0 Å². The molecule has 6 rings (SSSR count). The molecule has 6 aromatic rings. The molecule has 0 spiro atoms. The van der Waals surface area contributed by atoms with Crippen LogP contribution in [0.1, 0.15) is 40.8 Å². The Morgan fingerprint density at radius 1 is 0.405 bits per heavy atom. The molecule has 0 heteroatoms. The van der Waals surface area contributed by atoms with E-state index in [1.807, 2.05) is 84.9 Å². The standard InChI is InChI=1S/C20H16.C14H10.C7H8.CH4/c1-4-10-17(11-5-1)16-20(18-12-6-2-7-13-18)19-14-8-3-9-15-19;1-3-7-13(8-4-1)11-12-14-9-5-2-6-10-14;1-7-5-3-2-4-6-7;/h1-16H;1-10H;2-6H,1H3;1H4. The molecule has 0 saturated heterocycles. The molecule has 0 aliphatic carbocycles. The Bertz CT molecular complexity index is 1540. The molecular formula is C42H38. The largest absolute Gasteiger partial charge is 0.0776 e. The monoisotopic (exact) mass is 542 g/mol. The zero-order valence-electron chi connectivity index (χ0n) is 23.4. The van der Waals surface area contributed by atoms with Crippen LogP contribution in [-0.4, -0.2) is 0 Å². The molecule has 42 heavy (non-hydrogen) atoms. The number of hydrogen-bond donors (Lipinski definition) is 0. The summed E-state index contributed by atoms with van der Waals surface area (Å²) in [6.07, 6.45) is 2.24. The summed E-state index contributed by atoms with van der Waals surface area (Å²) in [5.74, 6) is 6.22. The average Bonchev–Trinajstić information content (AvgIpc) is 3.06. The quantitative estimate of drug-likeness (QED) is 0.154. The summed E-state index contributed by atoms with van der Waals surface area (Å²) in [5.41, 5.74) is 8.37. The number of rotatable bonds is 3. The molecule has 0 N–H and O–H groups in total. The van der Waals surface area contributed by atoms with Gasteiger partial charge in [0.1, 0.15) is 0 Å². The summed E-state index contributed by atoms with van der Waals surface area (Å²) in [5, 5.41) is 0. The first-order chi connectivity index (χ1) is 20.3. The van der Waals surface area contributed by atoms with E-state index in [9.17, 15) is 0 Å². The van der Waals surface area contributed by atoms with Gasteiger partial charge in [-0.2, -0.15) is 0 Å². The van der Waals surface area contributed by atoms with E-state index in [4.69, 9.17) is 0 Å². The highest BCUT2D eigenvalue weighted by molar-refractivity contribution is 5.91. The van der Waals surface area contributed by atoms with Crippen LogP contribution in [0.3, 0.4) is 0 Å². The fourth-order valence-corrected chi connectivity index (χ4v) is 4.01. The lowest BCUT2D eigenvalue weighted by atomic mass is 9.96. The Balaban J connectivity index is 0.000000191. The highest BCUT2D eigenvalue weighted by Crippen LogP contribution is 2.25. The van der Waals surface area contributed by atoms with Crippen molar-refractivity contribution in [3.63, 3.8) is 0 Å². The third-order valence-corrected chi connectivity index (χ3v) is 6.12. The first-order valence-corrected chi connectivity index (χ1v) is 13.8. The van der Waals surface area contributed by atoms with Crippen molar-refractivity contribution in [2.24, 2.45) is 0 Å². The maximum absolute atomic E-state index is 3.11. The Labute approximate surface area is 252 Å². The third-order valence-electron chi connectivity index (χ3n) is 6.12. The van der Waals surface area contributed by atoms with Gasteiger partial charge in [-0.1, -0.05) is 183 Å². The lowest BCUT2D eigenvalue weighted by Crippen LogP contribution is -1.87. The van der Waals surface area contributed by atoms with E-state index in [1.54, 1.807) is 0 Å². The van der Waals surface area contributed by atoms with Crippen LogP contribution in [0.2, 0.25) is 0 Å². The summed E-state index contributed by atoms with van der Waals surface area (Å²) < 4.78 is 0. The number of benzene rings is 6. The molecule has 0 saturated carbocycles. The van der Waals surface area contributed by atoms with Crippen molar-refractivity contribution >= 4 is 11.6 Å². The lowest BCUT2D eigenvalue weighted by molar-refractivity contribution is 1.48. The van der Waals surface area contributed by atoms with E-state index >= 15 is 0 Å². The van der Waals surface area contributed by atoms with Gasteiger partial charge in [0.15, 0.2) is 0 Å². The molecule has 0 aliphatic heterocycles. The molecule has 0 radical (unpaired) electrons. The molecular weight excluding hydrogens is 504 g/mol. The van der Waals surface area contributed by atoms with Gasteiger partial charge in [0.25, 0.3) is 0 Å². The van der Waals surface area contributed by atoms with Gasteiger partial charge in [0.2, 0.25) is 0 Å². The van der Waals surface area contributed by atoms with Gasteiger partial charge < -0.3 is 0 Å². The minimum absolute atomic E-state index is 0. The minimum atomic E-state index is 0. The smallest absolute Gasteiger partial charge is 0.0249 e. The zero-order valence-corrected chi connectivity index (χ0v) is 23.4. The second kappa shape index (κ2) is 18.1. The predicted molar refractivity (Wildman–Crippen MR) is 183 cm³/mol. The topological polar surface area (TPSA) is 0 Å². The van der Waals surface area contributed by atoms with Crippen LogP contribution in [0.15, 0.2) is 182 Å². The second-order valence-corrected chi connectivity index (χ2v) is 9.34. The van der Waals surface area contributed by atoms with E-state index in [0.717, 1.165) is 11.1 Å². The Morgan fingerprint density at radius 3 is 1.05 bits per heavy atom. The van der Waals surface area contributed by atoms with Gasteiger partial charge >= 0.3 is 0 Å². The molecule has 0 fully saturated rings. The van der Waals surface area contributed by atoms with Gasteiger partial charge in [-0.15, -0.1) is 0 Å². The SMILES string of the molecule is C.C(#Cc1ccccc1)c1ccccc1.C(=C(c1ccccc1)c1ccccc1)c1ccccc1.Cc1ccccc1. The van der Waals surface area contributed by atoms with Crippen LogP contribution in [0.25, 0.3) is 11.6 Å². The fourth-order valence-electron chi connectivity index (χ4n) is 4.01. The van der Waals surface area contributed by atoms with Gasteiger partial charge in [-0.05, 0) is 59.5 Å². The van der Waals surface area contributed by atoms with Gasteiger partial charge in [0, 0.05) is 11.1 Å². The Morgan fingerprint density at radius 2 is 0.714 bits per heavy atom. The molecule has 0 aromatic heterocycles. The molecule has 0 heterocycles. The normalized spacial score (nSPS) is 9.17. The Kier molecular flexibility index (Phi) is 13.4. The number of hydrogen-bond acceptors (Lipinski definition) is 0. The molecule has 0 aliphatic rings. The van der Waals surface area contributed by atoms with Gasteiger partial charge in [-0.25, -0.2) is 0 Å². The highest BCUT2D eigenvalue weighted by Gasteiger charge is 2.04. The molecule has 0 unspecified atom stereocenters. The van der Waals surface area contributed by atoms with Crippen LogP contribution in [0.5, 0.6) is 0 Å². The van der Waals surface area contributed by atoms with Crippen LogP contribution < -0.4 is 0 Å². The van der Waals surface area contributed by atoms with Crippen molar-refractivity contribution < 1.29 is 0 Å². The summed E-state index contributed by atoms with van der Waals surface area (Å²) in [6, 6.07) is 61.8. The van der Waals surface area contributed by atoms with Crippen LogP contribution >= 0.6 is 0 Å². The first kappa shape index (κ1) is 31.2. The zero-order chi connectivity index (χ0) is 28.4. The molecule has 0 atom stereocenters. The van der Waals surface area contributed by atoms with Crippen LogP contribution in [-0.2, 0) is 0 Å². The Hall–Kier alpha value is -5.38. The summed E-state index contributed by atoms with van der Waals surface area (Å²) >= 11 is 0. The van der Waals surface area contributed by atoms with Gasteiger partial charge in [0.05, 0.1) is 0 Å². The van der Waals surface area contributed by atoms with Crippen molar-refractivity contribution in [1.29, 1.82) is 0 Å². The summed E-state index contributed by atoms with van der Waals surface area (Å²) in [7, 11) is 0. The third kappa shape index (κ3) is 11.0. The lowest BCUT2D eigenvalue weighted by Gasteiger charge is -2.08. The molecule has 0 bridgehead atoms. The first-order valence-electron chi connectivity index (χ1n) is 13.8. The maximum atomic E-state index is 3.11. The highest BCUT2D eigenvalue weighted by atomic mass is 14.1. The van der Waals surface area contributed by atoms with E-state index < -0.39 is 0 Å². The second-order valence-electron chi connectivity index (χ2n) is 9.34. The van der Waals surface area contributed by atoms with E-state index in [0.29, 0.717) is 0 Å². The molecule has 0 amide bonds. The van der Waals surface area contributed by atoms with Gasteiger partial charge in [-0.3, -0.25) is 0 Å². The molecule has 206 valence electrons. The van der Waals surface area contributed by atoms with E-state index in [1.165, 1.54) is 27.8 Å². The van der Waals surface area contributed by atoms with Crippen molar-refractivity contribution in [1.82, 2.24) is 0 Å².